The van der Waals surface area contributed by atoms with Gasteiger partial charge in [0.1, 0.15) is 0 Å². The van der Waals surface area contributed by atoms with Gasteiger partial charge >= 0.3 is 0 Å². The molecule has 18 heavy (non-hydrogen) atoms. The summed E-state index contributed by atoms with van der Waals surface area (Å²) in [5.74, 6) is 0.394. The van der Waals surface area contributed by atoms with Crippen molar-refractivity contribution >= 4 is 17.7 Å². The molecule has 0 aromatic heterocycles. The number of carbonyl (C=O) groups excluding carboxylic acids is 1. The van der Waals surface area contributed by atoms with E-state index in [0.29, 0.717) is 12.3 Å². The first-order chi connectivity index (χ1) is 8.49. The van der Waals surface area contributed by atoms with Crippen LogP contribution < -0.4 is 5.32 Å². The fraction of sp³-hybridized carbons (Fsp3) is 0.500. The molecular formula is C14H21NO2S. The van der Waals surface area contributed by atoms with Gasteiger partial charge in [-0.2, -0.15) is 0 Å². The molecule has 2 unspecified atom stereocenters. The minimum atomic E-state index is -0.389. The first kappa shape index (κ1) is 15.1. The summed E-state index contributed by atoms with van der Waals surface area (Å²) in [7, 11) is 0. The summed E-state index contributed by atoms with van der Waals surface area (Å²) in [5, 5.41) is 12.3. The number of hydrogen-bond donors (Lipinski definition) is 2. The predicted octanol–water partition coefficient (Wildman–Crippen LogP) is 2.11. The van der Waals surface area contributed by atoms with Gasteiger partial charge < -0.3 is 10.4 Å². The lowest BCUT2D eigenvalue weighted by Gasteiger charge is -2.13. The molecule has 1 aromatic rings. The number of thioether (sulfide) groups is 1. The Morgan fingerprint density at radius 3 is 2.50 bits per heavy atom. The van der Waals surface area contributed by atoms with Gasteiger partial charge in [-0.15, -0.1) is 11.8 Å². The van der Waals surface area contributed by atoms with Crippen molar-refractivity contribution in [2.75, 3.05) is 5.75 Å². The number of aliphatic hydroxyl groups excluding tert-OH is 1. The highest BCUT2D eigenvalue weighted by atomic mass is 32.2. The average Bonchev–Trinajstić information content (AvgIpc) is 2.35. The van der Waals surface area contributed by atoms with E-state index in [9.17, 15) is 9.90 Å². The molecule has 0 aliphatic carbocycles. The van der Waals surface area contributed by atoms with Gasteiger partial charge in [0, 0.05) is 11.8 Å². The second-order valence-corrected chi connectivity index (χ2v) is 5.88. The van der Waals surface area contributed by atoms with Crippen molar-refractivity contribution in [2.45, 2.75) is 38.7 Å². The summed E-state index contributed by atoms with van der Waals surface area (Å²) in [5.41, 5.74) is 2.31. The maximum Gasteiger partial charge on any atom is 0.230 e. The summed E-state index contributed by atoms with van der Waals surface area (Å²) >= 11 is 1.47. The van der Waals surface area contributed by atoms with Crippen molar-refractivity contribution < 1.29 is 9.90 Å². The molecule has 0 fully saturated rings. The number of aryl methyl sites for hydroxylation is 1. The smallest absolute Gasteiger partial charge is 0.230 e. The van der Waals surface area contributed by atoms with Crippen LogP contribution in [0.25, 0.3) is 0 Å². The SMILES string of the molecule is Cc1ccc(CNC(=O)CSC(C)C(C)O)cc1. The third kappa shape index (κ3) is 5.56. The Kier molecular flexibility index (Phi) is 6.22. The maximum atomic E-state index is 11.6. The van der Waals surface area contributed by atoms with Crippen LogP contribution in [0.5, 0.6) is 0 Å². The number of nitrogens with one attached hydrogen (secondary N) is 1. The van der Waals surface area contributed by atoms with Gasteiger partial charge in [-0.1, -0.05) is 36.8 Å². The largest absolute Gasteiger partial charge is 0.392 e. The third-order valence-corrected chi connectivity index (χ3v) is 4.12. The van der Waals surface area contributed by atoms with Crippen LogP contribution in [-0.4, -0.2) is 28.1 Å². The summed E-state index contributed by atoms with van der Waals surface area (Å²) in [6, 6.07) is 8.10. The third-order valence-electron chi connectivity index (χ3n) is 2.77. The number of hydrogen-bond acceptors (Lipinski definition) is 3. The summed E-state index contributed by atoms with van der Waals surface area (Å²) in [6.07, 6.45) is -0.389. The van der Waals surface area contributed by atoms with E-state index in [-0.39, 0.29) is 17.3 Å². The molecule has 0 heterocycles. The predicted molar refractivity (Wildman–Crippen MR) is 76.6 cm³/mol. The molecule has 0 aliphatic heterocycles. The van der Waals surface area contributed by atoms with Crippen LogP contribution in [0.15, 0.2) is 24.3 Å². The number of aliphatic hydroxyl groups is 1. The van der Waals surface area contributed by atoms with Crippen LogP contribution in [0.1, 0.15) is 25.0 Å². The molecule has 3 nitrogen and oxygen atoms in total. The van der Waals surface area contributed by atoms with Crippen molar-refractivity contribution in [3.05, 3.63) is 35.4 Å². The number of carbonyl (C=O) groups is 1. The lowest BCUT2D eigenvalue weighted by molar-refractivity contribution is -0.118. The number of benzene rings is 1. The van der Waals surface area contributed by atoms with Gasteiger partial charge in [-0.05, 0) is 19.4 Å². The molecule has 2 N–H and O–H groups in total. The Bertz CT molecular complexity index is 376. The lowest BCUT2D eigenvalue weighted by Crippen LogP contribution is -2.26. The highest BCUT2D eigenvalue weighted by Gasteiger charge is 2.11. The minimum absolute atomic E-state index is 0.00748. The Hall–Kier alpha value is -1.00. The average molecular weight is 267 g/mol. The Morgan fingerprint density at radius 1 is 1.33 bits per heavy atom. The van der Waals surface area contributed by atoms with Crippen molar-refractivity contribution in [1.29, 1.82) is 0 Å². The molecule has 0 aliphatic rings. The van der Waals surface area contributed by atoms with Crippen LogP contribution in [0.3, 0.4) is 0 Å². The number of amides is 1. The fourth-order valence-electron chi connectivity index (χ4n) is 1.30. The lowest BCUT2D eigenvalue weighted by atomic mass is 10.1. The second kappa shape index (κ2) is 7.44. The van der Waals surface area contributed by atoms with Gasteiger partial charge in [-0.25, -0.2) is 0 Å². The van der Waals surface area contributed by atoms with Gasteiger partial charge in [-0.3, -0.25) is 4.79 Å². The van der Waals surface area contributed by atoms with E-state index in [4.69, 9.17) is 0 Å². The zero-order chi connectivity index (χ0) is 13.5. The standard InChI is InChI=1S/C14H21NO2S/c1-10-4-6-13(7-5-10)8-15-14(17)9-18-12(3)11(2)16/h4-7,11-12,16H,8-9H2,1-3H3,(H,15,17). The topological polar surface area (TPSA) is 49.3 Å². The Morgan fingerprint density at radius 2 is 1.94 bits per heavy atom. The highest BCUT2D eigenvalue weighted by Crippen LogP contribution is 2.13. The van der Waals surface area contributed by atoms with Crippen molar-refractivity contribution in [1.82, 2.24) is 5.32 Å². The summed E-state index contributed by atoms with van der Waals surface area (Å²) < 4.78 is 0. The first-order valence-electron chi connectivity index (χ1n) is 6.11. The molecule has 1 aromatic carbocycles. The van der Waals surface area contributed by atoms with Crippen LogP contribution >= 0.6 is 11.8 Å². The molecule has 0 bridgehead atoms. The normalized spacial score (nSPS) is 14.0. The van der Waals surface area contributed by atoms with Crippen molar-refractivity contribution in [3.8, 4) is 0 Å². The molecule has 2 atom stereocenters. The van der Waals surface area contributed by atoms with E-state index in [1.807, 2.05) is 38.1 Å². The van der Waals surface area contributed by atoms with Gasteiger partial charge in [0.05, 0.1) is 11.9 Å². The first-order valence-corrected chi connectivity index (χ1v) is 7.16. The molecule has 100 valence electrons. The molecular weight excluding hydrogens is 246 g/mol. The van der Waals surface area contributed by atoms with Crippen LogP contribution in [-0.2, 0) is 11.3 Å². The van der Waals surface area contributed by atoms with E-state index in [2.05, 4.69) is 5.32 Å². The zero-order valence-corrected chi connectivity index (χ0v) is 12.0. The van der Waals surface area contributed by atoms with Crippen LogP contribution in [0, 0.1) is 6.92 Å². The highest BCUT2D eigenvalue weighted by molar-refractivity contribution is 8.00. The summed E-state index contributed by atoms with van der Waals surface area (Å²) in [6.45, 7) is 6.25. The quantitative estimate of drug-likeness (QED) is 0.830. The maximum absolute atomic E-state index is 11.6. The minimum Gasteiger partial charge on any atom is -0.392 e. The van der Waals surface area contributed by atoms with Gasteiger partial charge in [0.15, 0.2) is 0 Å². The molecule has 0 radical (unpaired) electrons. The zero-order valence-electron chi connectivity index (χ0n) is 11.1. The van der Waals surface area contributed by atoms with Crippen molar-refractivity contribution in [3.63, 3.8) is 0 Å². The second-order valence-electron chi connectivity index (χ2n) is 4.52. The number of rotatable bonds is 6. The fourth-order valence-corrected chi connectivity index (χ4v) is 2.10. The van der Waals surface area contributed by atoms with Crippen molar-refractivity contribution in [2.24, 2.45) is 0 Å². The van der Waals surface area contributed by atoms with E-state index in [0.717, 1.165) is 5.56 Å². The van der Waals surface area contributed by atoms with Crippen LogP contribution in [0.4, 0.5) is 0 Å². The molecule has 1 amide bonds. The molecule has 0 spiro atoms. The Balaban J connectivity index is 2.27. The molecule has 4 heteroatoms. The van der Waals surface area contributed by atoms with Crippen LogP contribution in [0.2, 0.25) is 0 Å². The molecule has 0 saturated heterocycles. The molecule has 1 rings (SSSR count). The Labute approximate surface area is 113 Å². The monoisotopic (exact) mass is 267 g/mol. The van der Waals surface area contributed by atoms with E-state index >= 15 is 0 Å². The van der Waals surface area contributed by atoms with E-state index in [1.165, 1.54) is 17.3 Å². The van der Waals surface area contributed by atoms with Gasteiger partial charge in [0.25, 0.3) is 0 Å². The molecule has 0 saturated carbocycles. The van der Waals surface area contributed by atoms with E-state index < -0.39 is 0 Å². The van der Waals surface area contributed by atoms with Gasteiger partial charge in [0.2, 0.25) is 5.91 Å². The van der Waals surface area contributed by atoms with E-state index in [1.54, 1.807) is 6.92 Å². The summed E-state index contributed by atoms with van der Waals surface area (Å²) in [4.78, 5) is 11.6.